The van der Waals surface area contributed by atoms with Crippen LogP contribution < -0.4 is 10.2 Å². The van der Waals surface area contributed by atoms with E-state index in [0.29, 0.717) is 11.3 Å². The molecule has 0 amide bonds. The van der Waals surface area contributed by atoms with Crippen LogP contribution in [0.4, 0.5) is 17.1 Å². The largest absolute Gasteiger partial charge is 0.507 e. The molecule has 0 saturated heterocycles. The molecule has 1 aliphatic rings. The van der Waals surface area contributed by atoms with Gasteiger partial charge in [0, 0.05) is 32.7 Å². The Morgan fingerprint density at radius 1 is 0.610 bits per heavy atom. The molecule has 59 heavy (non-hydrogen) atoms. The van der Waals surface area contributed by atoms with Gasteiger partial charge in [0.15, 0.2) is 0 Å². The lowest BCUT2D eigenvalue weighted by Crippen LogP contribution is -2.26. The maximum absolute atomic E-state index is 12.4. The molecule has 0 bridgehead atoms. The number of hydrogen-bond acceptors (Lipinski definition) is 4. The van der Waals surface area contributed by atoms with E-state index in [1.807, 2.05) is 18.2 Å². The van der Waals surface area contributed by atoms with Gasteiger partial charge in [0.25, 0.3) is 0 Å². The first-order chi connectivity index (χ1) is 30.8. The molecule has 1 aliphatic heterocycles. The zero-order valence-electron chi connectivity index (χ0n) is 42.5. The van der Waals surface area contributed by atoms with Gasteiger partial charge >= 0.3 is 0 Å². The van der Waals surface area contributed by atoms with Crippen molar-refractivity contribution in [3.05, 3.63) is 173 Å². The number of phenols is 1. The standard InChI is InChI=1S/C55H57N3O/c1-35-19-21-38(22-20-35)39-27-28-56-48(32-39)41-29-40(30-42(31-41)53(2,3)4)45-17-14-18-49-50(45)57-52(46-33-43(54(5,6)7)34-47(51(46)59)55(8,9)10)58(49)44-25-23-37(24-26-44)36-15-12-11-13-16-36/h11-34,52,57,59H,1-10H3/i1D3,19D,20D,21D,22D. The van der Waals surface area contributed by atoms with Crippen LogP contribution in [0.3, 0.4) is 0 Å². The number of nitrogens with zero attached hydrogens (tertiary/aromatic N) is 2. The average Bonchev–Trinajstić information content (AvgIpc) is 3.64. The van der Waals surface area contributed by atoms with Gasteiger partial charge in [-0.05, 0) is 116 Å². The second kappa shape index (κ2) is 14.9. The zero-order chi connectivity index (χ0) is 47.8. The molecule has 0 fully saturated rings. The summed E-state index contributed by atoms with van der Waals surface area (Å²) in [6, 6.07) is 37.1. The first kappa shape index (κ1) is 31.8. The van der Waals surface area contributed by atoms with Crippen molar-refractivity contribution in [1.29, 1.82) is 0 Å². The highest BCUT2D eigenvalue weighted by atomic mass is 16.3. The van der Waals surface area contributed by atoms with E-state index < -0.39 is 42.8 Å². The summed E-state index contributed by atoms with van der Waals surface area (Å²) in [7, 11) is 0. The molecule has 1 unspecified atom stereocenters. The molecule has 4 heteroatoms. The van der Waals surface area contributed by atoms with Gasteiger partial charge in [-0.2, -0.15) is 0 Å². The highest BCUT2D eigenvalue weighted by Gasteiger charge is 2.37. The number of benzene rings is 6. The maximum atomic E-state index is 12.4. The average molecular weight is 783 g/mol. The summed E-state index contributed by atoms with van der Waals surface area (Å²) in [6.07, 6.45) is 1.09. The van der Waals surface area contributed by atoms with Gasteiger partial charge in [-0.3, -0.25) is 4.98 Å². The quantitative estimate of drug-likeness (QED) is 0.176. The smallest absolute Gasteiger partial charge is 0.134 e. The minimum atomic E-state index is -2.81. The SMILES string of the molecule is [2H]c1c([2H])c(C([2H])([2H])[2H])c([2H])c([2H])c1-c1ccnc(-c2cc(-c3cccc4c3NC(c3cc(C(C)(C)C)cc(C(C)(C)C)c3O)N4c3ccc(-c4ccccc4)cc3)cc(C(C)(C)C)c2)c1. The van der Waals surface area contributed by atoms with Crippen LogP contribution in [0, 0.1) is 6.85 Å². The molecule has 8 rings (SSSR count). The Morgan fingerprint density at radius 2 is 1.27 bits per heavy atom. The number of pyridine rings is 1. The van der Waals surface area contributed by atoms with Crippen LogP contribution in [0.5, 0.6) is 5.75 Å². The summed E-state index contributed by atoms with van der Waals surface area (Å²) in [5, 5.41) is 16.3. The Hall–Kier alpha value is -6.13. The zero-order valence-corrected chi connectivity index (χ0v) is 35.5. The molecule has 0 radical (unpaired) electrons. The second-order valence-corrected chi connectivity index (χ2v) is 18.7. The van der Waals surface area contributed by atoms with Crippen molar-refractivity contribution in [3.63, 3.8) is 0 Å². The topological polar surface area (TPSA) is 48.4 Å². The Balaban J connectivity index is 1.32. The Kier molecular flexibility index (Phi) is 8.04. The van der Waals surface area contributed by atoms with Gasteiger partial charge in [0.1, 0.15) is 11.9 Å². The van der Waals surface area contributed by atoms with E-state index in [2.05, 4.69) is 157 Å². The number of anilines is 3. The van der Waals surface area contributed by atoms with Crippen LogP contribution in [-0.4, -0.2) is 10.1 Å². The van der Waals surface area contributed by atoms with E-state index in [1.165, 1.54) is 0 Å². The summed E-state index contributed by atoms with van der Waals surface area (Å²) in [5.41, 5.74) is 11.0. The highest BCUT2D eigenvalue weighted by Crippen LogP contribution is 2.53. The van der Waals surface area contributed by atoms with Gasteiger partial charge < -0.3 is 15.3 Å². The Labute approximate surface area is 361 Å². The molecule has 298 valence electrons. The van der Waals surface area contributed by atoms with Gasteiger partial charge in [-0.1, -0.05) is 159 Å². The number of nitrogens with one attached hydrogen (secondary N) is 1. The fourth-order valence-corrected chi connectivity index (χ4v) is 7.86. The van der Waals surface area contributed by atoms with E-state index in [9.17, 15) is 5.11 Å². The number of rotatable bonds is 6. The molecule has 0 saturated carbocycles. The van der Waals surface area contributed by atoms with E-state index in [4.69, 9.17) is 14.6 Å². The minimum Gasteiger partial charge on any atom is -0.507 e. The third-order valence-electron chi connectivity index (χ3n) is 11.3. The van der Waals surface area contributed by atoms with Gasteiger partial charge in [-0.15, -0.1) is 0 Å². The molecule has 6 aromatic carbocycles. The molecule has 1 aromatic heterocycles. The fourth-order valence-electron chi connectivity index (χ4n) is 7.86. The van der Waals surface area contributed by atoms with Crippen molar-refractivity contribution in [3.8, 4) is 50.4 Å². The number of aromatic hydroxyl groups is 1. The van der Waals surface area contributed by atoms with Crippen molar-refractivity contribution in [1.82, 2.24) is 4.98 Å². The third kappa shape index (κ3) is 7.89. The van der Waals surface area contributed by atoms with Crippen molar-refractivity contribution >= 4 is 17.1 Å². The van der Waals surface area contributed by atoms with Crippen LogP contribution in [0.25, 0.3) is 44.6 Å². The predicted octanol–water partition coefficient (Wildman–Crippen LogP) is 14.9. The number of hydrogen-bond donors (Lipinski definition) is 2. The van der Waals surface area contributed by atoms with Crippen LogP contribution in [0.15, 0.2) is 146 Å². The van der Waals surface area contributed by atoms with Crippen LogP contribution in [0.1, 0.15) is 106 Å². The molecule has 0 spiro atoms. The van der Waals surface area contributed by atoms with Gasteiger partial charge in [0.2, 0.25) is 0 Å². The molecule has 2 heterocycles. The summed E-state index contributed by atoms with van der Waals surface area (Å²) >= 11 is 0. The highest BCUT2D eigenvalue weighted by molar-refractivity contribution is 5.95. The third-order valence-corrected chi connectivity index (χ3v) is 11.3. The van der Waals surface area contributed by atoms with E-state index in [0.717, 1.165) is 67.1 Å². The van der Waals surface area contributed by atoms with Crippen LogP contribution in [0.2, 0.25) is 0 Å². The molecule has 1 atom stereocenters. The molecule has 2 N–H and O–H groups in total. The number of fused-ring (bicyclic) bond motifs is 1. The summed E-state index contributed by atoms with van der Waals surface area (Å²) in [4.78, 5) is 7.04. The van der Waals surface area contributed by atoms with Crippen molar-refractivity contribution in [2.45, 2.75) is 91.6 Å². The minimum absolute atomic E-state index is 0.00950. The Morgan fingerprint density at radius 3 is 1.93 bits per heavy atom. The van der Waals surface area contributed by atoms with Gasteiger partial charge in [-0.25, -0.2) is 0 Å². The summed E-state index contributed by atoms with van der Waals surface area (Å²) in [6.45, 7) is 16.6. The van der Waals surface area contributed by atoms with E-state index in [-0.39, 0.29) is 27.6 Å². The number of para-hydroxylation sites is 1. The van der Waals surface area contributed by atoms with Crippen molar-refractivity contribution < 1.29 is 14.7 Å². The van der Waals surface area contributed by atoms with Crippen molar-refractivity contribution in [2.75, 3.05) is 10.2 Å². The molecular formula is C55H57N3O. The van der Waals surface area contributed by atoms with Crippen molar-refractivity contribution in [2.24, 2.45) is 0 Å². The monoisotopic (exact) mass is 782 g/mol. The Bertz CT molecular complexity index is 2970. The summed E-state index contributed by atoms with van der Waals surface area (Å²) < 4.78 is 58.4. The number of aromatic nitrogens is 1. The van der Waals surface area contributed by atoms with E-state index in [1.54, 1.807) is 18.3 Å². The molecule has 4 nitrogen and oxygen atoms in total. The number of phenolic OH excluding ortho intramolecular Hbond substituents is 1. The molecule has 7 aromatic rings. The lowest BCUT2D eigenvalue weighted by atomic mass is 9.78. The normalized spacial score (nSPS) is 16.2. The first-order valence-corrected chi connectivity index (χ1v) is 20.3. The lowest BCUT2D eigenvalue weighted by Gasteiger charge is -2.32. The molecule has 0 aliphatic carbocycles. The predicted molar refractivity (Wildman–Crippen MR) is 250 cm³/mol. The second-order valence-electron chi connectivity index (χ2n) is 18.7. The lowest BCUT2D eigenvalue weighted by molar-refractivity contribution is 0.435. The first-order valence-electron chi connectivity index (χ1n) is 23.8. The van der Waals surface area contributed by atoms with E-state index >= 15 is 0 Å². The van der Waals surface area contributed by atoms with Crippen LogP contribution in [-0.2, 0) is 16.2 Å². The summed E-state index contributed by atoms with van der Waals surface area (Å²) in [5.74, 6) is 0.256. The van der Waals surface area contributed by atoms with Crippen LogP contribution >= 0.6 is 0 Å². The van der Waals surface area contributed by atoms with Gasteiger partial charge in [0.05, 0.1) is 22.6 Å². The fraction of sp³-hybridized carbons (Fsp3) is 0.255. The maximum Gasteiger partial charge on any atom is 0.134 e. The molecular weight excluding hydrogens is 719 g/mol.